The number of hydrogen-bond donors (Lipinski definition) is 4. The summed E-state index contributed by atoms with van der Waals surface area (Å²) in [6, 6.07) is 2.04. The smallest absolute Gasteiger partial charge is 0.269 e. The average Bonchev–Trinajstić information content (AvgIpc) is 2.74. The zero-order valence-electron chi connectivity index (χ0n) is 17.8. The molecule has 1 atom stereocenters. The first-order valence-corrected chi connectivity index (χ1v) is 10.9. The summed E-state index contributed by atoms with van der Waals surface area (Å²) in [7, 11) is -0.456. The van der Waals surface area contributed by atoms with E-state index in [0.29, 0.717) is 10.0 Å². The van der Waals surface area contributed by atoms with Crippen LogP contribution in [-0.4, -0.2) is 50.2 Å². The van der Waals surface area contributed by atoms with Crippen LogP contribution in [-0.2, 0) is 14.9 Å². The van der Waals surface area contributed by atoms with Gasteiger partial charge in [-0.2, -0.15) is 0 Å². The van der Waals surface area contributed by atoms with Gasteiger partial charge in [0.2, 0.25) is 0 Å². The molecule has 0 aliphatic carbocycles. The minimum absolute atomic E-state index is 0.0392. The van der Waals surface area contributed by atoms with Crippen molar-refractivity contribution in [1.29, 1.82) is 0 Å². The number of phenolic OH excluding ortho intramolecular Hbond substituents is 1. The molecule has 0 aliphatic rings. The number of nitrogens with two attached hydrogens (primary N) is 1. The molecule has 0 unspecified atom stereocenters. The highest BCUT2D eigenvalue weighted by Gasteiger charge is 2.31. The number of phenols is 1. The summed E-state index contributed by atoms with van der Waals surface area (Å²) in [4.78, 5) is 28.4. The van der Waals surface area contributed by atoms with Crippen molar-refractivity contribution in [2.24, 2.45) is 5.84 Å². The van der Waals surface area contributed by atoms with Crippen LogP contribution in [0.1, 0.15) is 6.92 Å². The molecule has 0 saturated carbocycles. The second kappa shape index (κ2) is 9.71. The van der Waals surface area contributed by atoms with Gasteiger partial charge in [-0.05, 0) is 24.6 Å². The predicted molar refractivity (Wildman–Crippen MR) is 123 cm³/mol. The lowest BCUT2D eigenvalue weighted by Crippen LogP contribution is -2.39. The molecular formula is C19H24ClN5O6S. The number of sulfonamides is 1. The lowest BCUT2D eigenvalue weighted by Gasteiger charge is -2.22. The number of rotatable bonds is 10. The van der Waals surface area contributed by atoms with Gasteiger partial charge < -0.3 is 20.7 Å². The van der Waals surface area contributed by atoms with Gasteiger partial charge in [-0.1, -0.05) is 28.7 Å². The van der Waals surface area contributed by atoms with Gasteiger partial charge >= 0.3 is 0 Å². The van der Waals surface area contributed by atoms with E-state index in [2.05, 4.69) is 17.2 Å². The molecule has 2 aromatic rings. The fourth-order valence-electron chi connectivity index (χ4n) is 2.78. The van der Waals surface area contributed by atoms with E-state index in [1.807, 2.05) is 0 Å². The van der Waals surface area contributed by atoms with Crippen molar-refractivity contribution in [3.63, 3.8) is 0 Å². The van der Waals surface area contributed by atoms with E-state index < -0.39 is 37.6 Å². The van der Waals surface area contributed by atoms with Gasteiger partial charge in [-0.15, -0.1) is 0 Å². The fraction of sp³-hybridized carbons (Fsp3) is 0.263. The first kappa shape index (κ1) is 25.4. The number of nitrogens with one attached hydrogen (secondary N) is 2. The Bertz CT molecular complexity index is 1230. The zero-order valence-corrected chi connectivity index (χ0v) is 19.4. The quantitative estimate of drug-likeness (QED) is 0.127. The molecule has 174 valence electrons. The van der Waals surface area contributed by atoms with E-state index in [4.69, 9.17) is 22.3 Å². The Hall–Kier alpha value is -2.90. The molecule has 0 aromatic heterocycles. The van der Waals surface area contributed by atoms with E-state index in [0.717, 1.165) is 14.2 Å². The van der Waals surface area contributed by atoms with Crippen LogP contribution in [0, 0.1) is 0 Å². The highest BCUT2D eigenvalue weighted by atomic mass is 35.5. The van der Waals surface area contributed by atoms with Crippen molar-refractivity contribution in [3.8, 4) is 5.75 Å². The predicted octanol–water partition coefficient (Wildman–Crippen LogP) is 1.24. The third kappa shape index (κ3) is 4.79. The molecule has 0 fully saturated rings. The van der Waals surface area contributed by atoms with E-state index in [1.165, 1.54) is 23.2 Å². The maximum Gasteiger partial charge on any atom is 0.269 e. The summed E-state index contributed by atoms with van der Waals surface area (Å²) >= 11 is 5.99. The molecule has 0 bridgehead atoms. The highest BCUT2D eigenvalue weighted by molar-refractivity contribution is 7.89. The first-order valence-electron chi connectivity index (χ1n) is 9.09. The van der Waals surface area contributed by atoms with Crippen molar-refractivity contribution >= 4 is 38.7 Å². The molecule has 0 spiro atoms. The molecule has 2 rings (SSSR count). The van der Waals surface area contributed by atoms with Crippen molar-refractivity contribution in [2.75, 3.05) is 31.8 Å². The lowest BCUT2D eigenvalue weighted by atomic mass is 10.1. The normalized spacial score (nSPS) is 13.3. The molecule has 0 amide bonds. The Kier molecular flexibility index (Phi) is 7.70. The van der Waals surface area contributed by atoms with Gasteiger partial charge in [0.1, 0.15) is 16.3 Å². The Morgan fingerprint density at radius 2 is 1.88 bits per heavy atom. The molecule has 0 aliphatic heterocycles. The van der Waals surface area contributed by atoms with Crippen LogP contribution in [0.2, 0.25) is 5.02 Å². The third-order valence-corrected chi connectivity index (χ3v) is 6.74. The Morgan fingerprint density at radius 1 is 1.28 bits per heavy atom. The highest BCUT2D eigenvalue weighted by Crippen LogP contribution is 2.39. The minimum atomic E-state index is -4.31. The Labute approximate surface area is 190 Å². The third-order valence-electron chi connectivity index (χ3n) is 4.56. The number of hydrogen-bond acceptors (Lipinski definition) is 10. The van der Waals surface area contributed by atoms with Gasteiger partial charge in [0, 0.05) is 20.3 Å². The first-order chi connectivity index (χ1) is 14.9. The minimum Gasteiger partial charge on any atom is -0.504 e. The van der Waals surface area contributed by atoms with Crippen LogP contribution in [0.5, 0.6) is 5.75 Å². The number of benzene rings is 1. The van der Waals surface area contributed by atoms with Crippen LogP contribution in [0.25, 0.3) is 0 Å². The van der Waals surface area contributed by atoms with Crippen LogP contribution in [0.4, 0.5) is 17.1 Å². The molecule has 0 saturated heterocycles. The molecule has 32 heavy (non-hydrogen) atoms. The summed E-state index contributed by atoms with van der Waals surface area (Å²) in [5.41, 5.74) is -1.31. The summed E-state index contributed by atoms with van der Waals surface area (Å²) in [6.45, 7) is 5.41. The fourth-order valence-corrected chi connectivity index (χ4v) is 4.35. The van der Waals surface area contributed by atoms with E-state index in [-0.39, 0.29) is 22.1 Å². The number of anilines is 3. The van der Waals surface area contributed by atoms with Gasteiger partial charge in [-0.3, -0.25) is 14.4 Å². The monoisotopic (exact) mass is 485 g/mol. The summed E-state index contributed by atoms with van der Waals surface area (Å²) in [6.07, 6.45) is 3.12. The number of hydrazine groups is 1. The molecule has 5 N–H and O–H groups in total. The van der Waals surface area contributed by atoms with Crippen molar-refractivity contribution in [2.45, 2.75) is 17.9 Å². The maximum atomic E-state index is 12.6. The topological polar surface area (TPSA) is 154 Å². The maximum absolute atomic E-state index is 12.6. The summed E-state index contributed by atoms with van der Waals surface area (Å²) < 4.78 is 25.7. The molecule has 0 heterocycles. The summed E-state index contributed by atoms with van der Waals surface area (Å²) in [5.74, 6) is 4.86. The van der Waals surface area contributed by atoms with Gasteiger partial charge in [0.25, 0.3) is 20.9 Å². The number of aromatic hydroxyl groups is 1. The van der Waals surface area contributed by atoms with Crippen LogP contribution < -0.4 is 27.3 Å². The largest absolute Gasteiger partial charge is 0.504 e. The second-order valence-corrected chi connectivity index (χ2v) is 9.05. The van der Waals surface area contributed by atoms with Crippen LogP contribution >= 0.6 is 11.6 Å². The van der Waals surface area contributed by atoms with Gasteiger partial charge in [0.15, 0.2) is 5.75 Å². The number of halogens is 1. The standard InChI is InChI=1S/C19H24ClN5O6S/c1-6-11(9-24(3)21)10(2)22-14-15(18(28)17(14)27)23-13-8-7-12(20)19(16(13)26)32(29,30)25(4)31-5/h6-10,22-23,26H,1,21H2,2-5H3/b11-9+/t10-/m0/s1. The van der Waals surface area contributed by atoms with Crippen molar-refractivity contribution in [1.82, 2.24) is 9.48 Å². The van der Waals surface area contributed by atoms with Crippen molar-refractivity contribution < 1.29 is 18.4 Å². The SMILES string of the molecule is C=C/C(=C\N(C)N)[C@H](C)Nc1c(Nc2ccc(Cl)c(S(=O)(=O)N(C)OC)c2O)c(=O)c1=O. The number of nitrogens with zero attached hydrogens (tertiary/aromatic N) is 2. The van der Waals surface area contributed by atoms with Gasteiger partial charge in [-0.25, -0.2) is 14.3 Å². The average molecular weight is 486 g/mol. The van der Waals surface area contributed by atoms with Gasteiger partial charge in [0.05, 0.1) is 23.9 Å². The summed E-state index contributed by atoms with van der Waals surface area (Å²) in [5, 5.41) is 17.1. The molecule has 11 nitrogen and oxygen atoms in total. The molecule has 13 heteroatoms. The van der Waals surface area contributed by atoms with E-state index >= 15 is 0 Å². The second-order valence-electron chi connectivity index (χ2n) is 6.77. The zero-order chi connectivity index (χ0) is 24.4. The van der Waals surface area contributed by atoms with Crippen LogP contribution in [0.3, 0.4) is 0 Å². The van der Waals surface area contributed by atoms with E-state index in [9.17, 15) is 23.1 Å². The van der Waals surface area contributed by atoms with Crippen molar-refractivity contribution in [3.05, 3.63) is 62.0 Å². The number of hydroxylamine groups is 1. The molecular weight excluding hydrogens is 462 g/mol. The molecule has 2 aromatic carbocycles. The Balaban J connectivity index is 2.46. The lowest BCUT2D eigenvalue weighted by molar-refractivity contribution is -0.0259. The van der Waals surface area contributed by atoms with E-state index in [1.54, 1.807) is 20.2 Å². The van der Waals surface area contributed by atoms with Crippen LogP contribution in [0.15, 0.2) is 51.0 Å². The molecule has 0 radical (unpaired) electrons. The Morgan fingerprint density at radius 3 is 2.41 bits per heavy atom.